The van der Waals surface area contributed by atoms with Gasteiger partial charge in [-0.2, -0.15) is 5.10 Å². The van der Waals surface area contributed by atoms with E-state index in [2.05, 4.69) is 5.10 Å². The van der Waals surface area contributed by atoms with E-state index >= 15 is 0 Å². The minimum absolute atomic E-state index is 0.202. The largest absolute Gasteiger partial charge is 0.310 e. The Labute approximate surface area is 127 Å². The van der Waals surface area contributed by atoms with Crippen molar-refractivity contribution >= 4 is 11.6 Å². The highest BCUT2D eigenvalue weighted by Crippen LogP contribution is 2.15. The predicted octanol–water partition coefficient (Wildman–Crippen LogP) is 3.29. The summed E-state index contributed by atoms with van der Waals surface area (Å²) in [7, 11) is 1.70. The quantitative estimate of drug-likeness (QED) is 0.743. The number of para-hydroxylation sites is 1. The second-order valence-electron chi connectivity index (χ2n) is 4.82. The maximum Gasteiger partial charge on any atom is 0.278 e. The number of carbonyl (C=O) groups is 1. The van der Waals surface area contributed by atoms with E-state index < -0.39 is 0 Å². The van der Waals surface area contributed by atoms with Crippen LogP contribution in [0.25, 0.3) is 5.69 Å². The van der Waals surface area contributed by atoms with Crippen LogP contribution in [0.1, 0.15) is 10.5 Å². The zero-order valence-electron chi connectivity index (χ0n) is 12.0. The summed E-state index contributed by atoms with van der Waals surface area (Å²) < 4.78 is 14.5. The smallest absolute Gasteiger partial charge is 0.278 e. The van der Waals surface area contributed by atoms with E-state index in [1.54, 1.807) is 36.1 Å². The van der Waals surface area contributed by atoms with Crippen LogP contribution in [-0.2, 0) is 0 Å². The molecule has 0 bridgehead atoms. The topological polar surface area (TPSA) is 38.1 Å². The van der Waals surface area contributed by atoms with Gasteiger partial charge in [0, 0.05) is 18.9 Å². The minimum Gasteiger partial charge on any atom is -0.310 e. The van der Waals surface area contributed by atoms with Crippen LogP contribution in [0.3, 0.4) is 0 Å². The van der Waals surface area contributed by atoms with Crippen LogP contribution in [0.5, 0.6) is 0 Å². The lowest BCUT2D eigenvalue weighted by molar-refractivity contribution is 0.0988. The van der Waals surface area contributed by atoms with E-state index in [1.165, 1.54) is 17.0 Å². The molecule has 0 N–H and O–H groups in total. The summed E-state index contributed by atoms with van der Waals surface area (Å²) in [5.74, 6) is -0.511. The second kappa shape index (κ2) is 5.81. The minimum atomic E-state index is -0.309. The lowest BCUT2D eigenvalue weighted by Gasteiger charge is -2.15. The third-order valence-corrected chi connectivity index (χ3v) is 3.35. The summed E-state index contributed by atoms with van der Waals surface area (Å²) >= 11 is 0. The van der Waals surface area contributed by atoms with Crippen molar-refractivity contribution in [2.24, 2.45) is 0 Å². The molecule has 0 spiro atoms. The SMILES string of the molecule is CN(C(=O)c1ccn(-c2ccc(F)cc2)n1)c1ccccc1. The van der Waals surface area contributed by atoms with Gasteiger partial charge in [0.2, 0.25) is 0 Å². The number of halogens is 1. The van der Waals surface area contributed by atoms with Gasteiger partial charge >= 0.3 is 0 Å². The molecular formula is C17H14FN3O. The summed E-state index contributed by atoms with van der Waals surface area (Å²) in [5.41, 5.74) is 1.82. The number of aromatic nitrogens is 2. The lowest BCUT2D eigenvalue weighted by Crippen LogP contribution is -2.26. The van der Waals surface area contributed by atoms with Gasteiger partial charge in [-0.3, -0.25) is 4.79 Å². The normalized spacial score (nSPS) is 10.5. The molecule has 1 amide bonds. The van der Waals surface area contributed by atoms with Gasteiger partial charge in [-0.05, 0) is 42.5 Å². The maximum absolute atomic E-state index is 12.9. The fourth-order valence-corrected chi connectivity index (χ4v) is 2.12. The van der Waals surface area contributed by atoms with Crippen molar-refractivity contribution in [3.63, 3.8) is 0 Å². The molecule has 3 rings (SSSR count). The monoisotopic (exact) mass is 295 g/mol. The highest BCUT2D eigenvalue weighted by Gasteiger charge is 2.16. The van der Waals surface area contributed by atoms with E-state index in [0.717, 1.165) is 5.69 Å². The van der Waals surface area contributed by atoms with E-state index in [9.17, 15) is 9.18 Å². The summed E-state index contributed by atoms with van der Waals surface area (Å²) in [6, 6.07) is 16.9. The molecule has 0 aliphatic carbocycles. The Bertz CT molecular complexity index is 781. The van der Waals surface area contributed by atoms with Crippen molar-refractivity contribution in [2.75, 3.05) is 11.9 Å². The molecule has 1 aromatic heterocycles. The first-order valence-electron chi connectivity index (χ1n) is 6.80. The Kier molecular flexibility index (Phi) is 3.70. The number of hydrogen-bond acceptors (Lipinski definition) is 2. The van der Waals surface area contributed by atoms with Crippen LogP contribution in [0.2, 0.25) is 0 Å². The van der Waals surface area contributed by atoms with E-state index in [0.29, 0.717) is 11.4 Å². The highest BCUT2D eigenvalue weighted by atomic mass is 19.1. The Morgan fingerprint density at radius 3 is 2.41 bits per heavy atom. The van der Waals surface area contributed by atoms with Gasteiger partial charge in [-0.25, -0.2) is 9.07 Å². The summed E-state index contributed by atoms with van der Waals surface area (Å²) in [4.78, 5) is 14.0. The number of nitrogens with zero attached hydrogens (tertiary/aromatic N) is 3. The number of rotatable bonds is 3. The molecule has 0 atom stereocenters. The number of hydrogen-bond donors (Lipinski definition) is 0. The molecule has 0 aliphatic rings. The van der Waals surface area contributed by atoms with Gasteiger partial charge < -0.3 is 4.90 Å². The van der Waals surface area contributed by atoms with Crippen LogP contribution in [0.15, 0.2) is 66.9 Å². The van der Waals surface area contributed by atoms with Gasteiger partial charge in [-0.1, -0.05) is 18.2 Å². The van der Waals surface area contributed by atoms with Crippen LogP contribution >= 0.6 is 0 Å². The van der Waals surface area contributed by atoms with Crippen molar-refractivity contribution < 1.29 is 9.18 Å². The van der Waals surface area contributed by atoms with Crippen molar-refractivity contribution in [3.05, 3.63) is 78.4 Å². The van der Waals surface area contributed by atoms with Crippen LogP contribution in [-0.4, -0.2) is 22.7 Å². The van der Waals surface area contributed by atoms with E-state index in [1.807, 2.05) is 30.3 Å². The number of amides is 1. The first-order valence-corrected chi connectivity index (χ1v) is 6.80. The Morgan fingerprint density at radius 1 is 1.05 bits per heavy atom. The average molecular weight is 295 g/mol. The predicted molar refractivity (Wildman–Crippen MR) is 82.7 cm³/mol. The zero-order valence-corrected chi connectivity index (χ0v) is 12.0. The molecule has 3 aromatic rings. The zero-order chi connectivity index (χ0) is 15.5. The number of benzene rings is 2. The second-order valence-corrected chi connectivity index (χ2v) is 4.82. The van der Waals surface area contributed by atoms with Crippen molar-refractivity contribution in [1.82, 2.24) is 9.78 Å². The molecule has 110 valence electrons. The third-order valence-electron chi connectivity index (χ3n) is 3.35. The summed E-state index contributed by atoms with van der Waals surface area (Å²) in [6.45, 7) is 0. The fourth-order valence-electron chi connectivity index (χ4n) is 2.12. The standard InChI is InChI=1S/C17H14FN3O/c1-20(14-5-3-2-4-6-14)17(22)16-11-12-21(19-16)15-9-7-13(18)8-10-15/h2-12H,1H3. The molecule has 0 radical (unpaired) electrons. The Balaban J connectivity index is 1.84. The summed E-state index contributed by atoms with van der Waals surface area (Å²) in [5, 5.41) is 4.26. The molecule has 22 heavy (non-hydrogen) atoms. The van der Waals surface area contributed by atoms with E-state index in [4.69, 9.17) is 0 Å². The molecule has 0 unspecified atom stereocenters. The molecule has 1 heterocycles. The van der Waals surface area contributed by atoms with Crippen LogP contribution in [0.4, 0.5) is 10.1 Å². The molecular weight excluding hydrogens is 281 g/mol. The number of carbonyl (C=O) groups excluding carboxylic acids is 1. The Morgan fingerprint density at radius 2 is 1.73 bits per heavy atom. The van der Waals surface area contributed by atoms with Gasteiger partial charge in [0.15, 0.2) is 5.69 Å². The fraction of sp³-hybridized carbons (Fsp3) is 0.0588. The first-order chi connectivity index (χ1) is 10.6. The molecule has 0 saturated carbocycles. The van der Waals surface area contributed by atoms with Crippen LogP contribution < -0.4 is 4.90 Å². The van der Waals surface area contributed by atoms with Crippen molar-refractivity contribution in [3.8, 4) is 5.69 Å². The van der Waals surface area contributed by atoms with Gasteiger partial charge in [-0.15, -0.1) is 0 Å². The average Bonchev–Trinajstić information content (AvgIpc) is 3.05. The highest BCUT2D eigenvalue weighted by molar-refractivity contribution is 6.04. The first kappa shape index (κ1) is 14.0. The van der Waals surface area contributed by atoms with Gasteiger partial charge in [0.25, 0.3) is 5.91 Å². The lowest BCUT2D eigenvalue weighted by atomic mass is 10.3. The molecule has 0 fully saturated rings. The van der Waals surface area contributed by atoms with Gasteiger partial charge in [0.1, 0.15) is 5.82 Å². The Hall–Kier alpha value is -2.95. The van der Waals surface area contributed by atoms with Gasteiger partial charge in [0.05, 0.1) is 5.69 Å². The van der Waals surface area contributed by atoms with Crippen molar-refractivity contribution in [1.29, 1.82) is 0 Å². The van der Waals surface area contributed by atoms with E-state index in [-0.39, 0.29) is 11.7 Å². The molecule has 2 aromatic carbocycles. The van der Waals surface area contributed by atoms with Crippen LogP contribution in [0, 0.1) is 5.82 Å². The maximum atomic E-state index is 12.9. The summed E-state index contributed by atoms with van der Waals surface area (Å²) in [6.07, 6.45) is 1.68. The molecule has 5 heteroatoms. The number of anilines is 1. The molecule has 0 saturated heterocycles. The van der Waals surface area contributed by atoms with Crippen molar-refractivity contribution in [2.45, 2.75) is 0 Å². The molecule has 4 nitrogen and oxygen atoms in total. The molecule has 0 aliphatic heterocycles. The third kappa shape index (κ3) is 2.74.